The van der Waals surface area contributed by atoms with Crippen LogP contribution in [0.25, 0.3) is 17.0 Å². The first-order valence-electron chi connectivity index (χ1n) is 30.4. The Kier molecular flexibility index (Phi) is 22.8. The minimum atomic E-state index is -1.99. The average Bonchev–Trinajstić information content (AvgIpc) is 1.02. The van der Waals surface area contributed by atoms with Gasteiger partial charge in [-0.25, -0.2) is 14.0 Å². The lowest BCUT2D eigenvalue weighted by atomic mass is 9.73. The maximum Gasteiger partial charge on any atom is 0.338 e. The summed E-state index contributed by atoms with van der Waals surface area (Å²) in [7, 11) is 5.39. The van der Waals surface area contributed by atoms with Gasteiger partial charge in [-0.2, -0.15) is 0 Å². The molecule has 1 aromatic heterocycles. The van der Waals surface area contributed by atoms with E-state index in [0.717, 1.165) is 21.4 Å². The molecule has 3 saturated heterocycles. The number of para-hydroxylation sites is 1. The van der Waals surface area contributed by atoms with Gasteiger partial charge in [0.15, 0.2) is 24.8 Å². The fourth-order valence-electron chi connectivity index (χ4n) is 12.7. The molecule has 4 aromatic carbocycles. The third kappa shape index (κ3) is 16.1. The first kappa shape index (κ1) is 67.0. The Hall–Kier alpha value is -5.90. The van der Waals surface area contributed by atoms with Crippen molar-refractivity contribution in [3.8, 4) is 0 Å². The largest absolute Gasteiger partial charge is 0.459 e. The molecule has 5 aromatic rings. The van der Waals surface area contributed by atoms with Crippen LogP contribution in [0.15, 0.2) is 143 Å². The first-order valence-corrected chi connectivity index (χ1v) is 31.2. The van der Waals surface area contributed by atoms with Crippen LogP contribution < -0.4 is 0 Å². The number of fused-ring (bicyclic) bond motifs is 1. The fraction of sp³-hybridized carbons (Fsp3) is 0.522. The molecule has 470 valence electrons. The smallest absolute Gasteiger partial charge is 0.338 e. The molecule has 0 spiro atoms. The SMILES string of the molecule is CC[C@H]1OC(=O)[C@H](C)[C@@H](OC2C[C@@](C)(OC)[C@@H](OC(=O)c3ccccc3)[C@H](C)O2)[C@H](C)[C@@H](O[C@@H]2O[C@H](C)C[C@H](N(C)C)[C@H]2OC(=O)c2ccccc2)[C@@](C)(OC/C=C/c2cnc3ccccc3c2)C[C@@H](C)/C(=N\Sc2ccccc2)[C@H](C)[C@@H](O)[C@]1(C)O. The van der Waals surface area contributed by atoms with Gasteiger partial charge in [-0.05, 0) is 135 Å². The van der Waals surface area contributed by atoms with Gasteiger partial charge in [0.1, 0.15) is 17.3 Å². The van der Waals surface area contributed by atoms with Gasteiger partial charge in [-0.15, -0.1) is 0 Å². The standard InChI is InChI=1S/C69H89N3O14S/c1-14-55-69(10,77)60(73)44(4)57(71-87-52-33-22-17-23-34-52)42(2)39-68(9,79-36-26-27-48-38-51-32-24-25-35-53(51)70-41-48)61(86-66-59(54(72(11)12)37-43(3)80-66)84-64(75)49-28-18-15-19-29-49)45(5)58(46(6)63(74)82-55)83-56-40-67(8,78-13)62(47(7)81-56)85-65(76)50-30-20-16-21-31-50/h15-35,38,41-47,54-56,58-62,66,73,77H,14,36-37,39-40H2,1-13H3/b27-26+,71-57+/t42-,43-,44+,45+,46-,47+,54+,55-,56?,58+,59-,60-,61-,62+,66+,67-,68+,69-/m1/s1. The lowest BCUT2D eigenvalue weighted by Crippen LogP contribution is -2.62. The molecular weight excluding hydrogens is 1130 g/mol. The number of hydrogen-bond acceptors (Lipinski definition) is 18. The second kappa shape index (κ2) is 29.6. The zero-order valence-electron chi connectivity index (χ0n) is 52.5. The van der Waals surface area contributed by atoms with E-state index in [-0.39, 0.29) is 25.9 Å². The summed E-state index contributed by atoms with van der Waals surface area (Å²) in [5.41, 5.74) is -1.61. The van der Waals surface area contributed by atoms with Crippen LogP contribution >= 0.6 is 11.9 Å². The van der Waals surface area contributed by atoms with E-state index >= 15 is 4.79 Å². The number of benzene rings is 4. The topological polar surface area (TPSA) is 203 Å². The van der Waals surface area contributed by atoms with Crippen molar-refractivity contribution >= 4 is 52.5 Å². The molecule has 18 atom stereocenters. The summed E-state index contributed by atoms with van der Waals surface area (Å²) in [5, 5.41) is 26.1. The average molecular weight is 1220 g/mol. The van der Waals surface area contributed by atoms with Crippen molar-refractivity contribution in [2.75, 3.05) is 27.8 Å². The number of pyridine rings is 1. The van der Waals surface area contributed by atoms with E-state index < -0.39 is 126 Å². The number of aromatic nitrogens is 1. The molecule has 3 fully saturated rings. The molecule has 87 heavy (non-hydrogen) atoms. The number of carbonyl (C=O) groups is 3. The first-order chi connectivity index (χ1) is 41.5. The molecule has 3 aliphatic heterocycles. The van der Waals surface area contributed by atoms with Crippen LogP contribution in [0.4, 0.5) is 0 Å². The molecular formula is C69H89N3O14S. The number of ether oxygens (including phenoxy) is 9. The number of aliphatic hydroxyl groups is 2. The predicted octanol–water partition coefficient (Wildman–Crippen LogP) is 11.4. The highest BCUT2D eigenvalue weighted by Crippen LogP contribution is 2.44. The molecule has 8 rings (SSSR count). The van der Waals surface area contributed by atoms with Gasteiger partial charge in [0.25, 0.3) is 0 Å². The van der Waals surface area contributed by atoms with Gasteiger partial charge in [-0.3, -0.25) is 9.78 Å². The van der Waals surface area contributed by atoms with E-state index in [1.54, 1.807) is 75.5 Å². The maximum atomic E-state index is 15.3. The Morgan fingerprint density at radius 2 is 1.40 bits per heavy atom. The lowest BCUT2D eigenvalue weighted by Gasteiger charge is -2.50. The van der Waals surface area contributed by atoms with Crippen molar-refractivity contribution in [2.24, 2.45) is 28.1 Å². The Balaban J connectivity index is 1.29. The minimum Gasteiger partial charge on any atom is -0.459 e. The number of methoxy groups -OCH3 is 1. The molecule has 18 heteroatoms. The number of nitrogens with zero attached hydrogens (tertiary/aromatic N) is 3. The van der Waals surface area contributed by atoms with Gasteiger partial charge in [-0.1, -0.05) is 113 Å². The summed E-state index contributed by atoms with van der Waals surface area (Å²) in [6, 6.07) is 36.6. The van der Waals surface area contributed by atoms with Crippen LogP contribution in [-0.2, 0) is 47.4 Å². The van der Waals surface area contributed by atoms with Crippen LogP contribution in [0.3, 0.4) is 0 Å². The quantitative estimate of drug-likeness (QED) is 0.0505. The highest BCUT2D eigenvalue weighted by Gasteiger charge is 2.55. The van der Waals surface area contributed by atoms with Crippen molar-refractivity contribution in [1.82, 2.24) is 9.88 Å². The molecule has 0 amide bonds. The molecule has 0 radical (unpaired) electrons. The molecule has 3 aliphatic rings. The van der Waals surface area contributed by atoms with Gasteiger partial charge in [0, 0.05) is 59.5 Å². The molecule has 4 heterocycles. The molecule has 0 bridgehead atoms. The number of hydrogen-bond donors (Lipinski definition) is 2. The van der Waals surface area contributed by atoms with E-state index in [1.165, 1.54) is 26.0 Å². The number of likely N-dealkylation sites (N-methyl/N-ethyl adjacent to an activating group) is 1. The summed E-state index contributed by atoms with van der Waals surface area (Å²) in [5.74, 6) is -5.18. The zero-order valence-corrected chi connectivity index (χ0v) is 53.3. The van der Waals surface area contributed by atoms with E-state index in [1.807, 2.05) is 139 Å². The minimum absolute atomic E-state index is 0.0370. The van der Waals surface area contributed by atoms with E-state index in [4.69, 9.17) is 52.0 Å². The fourth-order valence-corrected chi connectivity index (χ4v) is 13.6. The van der Waals surface area contributed by atoms with Crippen molar-refractivity contribution in [3.05, 3.63) is 150 Å². The summed E-state index contributed by atoms with van der Waals surface area (Å²) in [6.45, 7) is 18.2. The molecule has 0 aliphatic carbocycles. The Morgan fingerprint density at radius 1 is 0.782 bits per heavy atom. The number of aliphatic hydroxyl groups excluding tert-OH is 1. The van der Waals surface area contributed by atoms with Crippen LogP contribution in [0.2, 0.25) is 0 Å². The van der Waals surface area contributed by atoms with Crippen molar-refractivity contribution in [2.45, 2.75) is 184 Å². The highest BCUT2D eigenvalue weighted by molar-refractivity contribution is 7.98. The van der Waals surface area contributed by atoms with Crippen LogP contribution in [0.5, 0.6) is 0 Å². The van der Waals surface area contributed by atoms with Crippen molar-refractivity contribution in [1.29, 1.82) is 0 Å². The zero-order chi connectivity index (χ0) is 62.8. The Bertz CT molecular complexity index is 3120. The van der Waals surface area contributed by atoms with Crippen LogP contribution in [0, 0.1) is 23.7 Å². The van der Waals surface area contributed by atoms with E-state index in [0.29, 0.717) is 23.3 Å². The van der Waals surface area contributed by atoms with Crippen molar-refractivity contribution < 1.29 is 67.2 Å². The second-order valence-electron chi connectivity index (χ2n) is 24.6. The van der Waals surface area contributed by atoms with Gasteiger partial charge >= 0.3 is 17.9 Å². The third-order valence-corrected chi connectivity index (χ3v) is 18.5. The summed E-state index contributed by atoms with van der Waals surface area (Å²) >= 11 is 1.25. The normalized spacial score (nSPS) is 34.3. The molecule has 1 unspecified atom stereocenters. The summed E-state index contributed by atoms with van der Waals surface area (Å²) in [4.78, 5) is 50.8. The Labute approximate surface area is 517 Å². The van der Waals surface area contributed by atoms with Gasteiger partial charge < -0.3 is 57.7 Å². The van der Waals surface area contributed by atoms with Crippen LogP contribution in [0.1, 0.15) is 121 Å². The molecule has 0 saturated carbocycles. The number of esters is 3. The maximum absolute atomic E-state index is 15.3. The number of carbonyl (C=O) groups excluding carboxylic acids is 3. The van der Waals surface area contributed by atoms with Gasteiger partial charge in [0.2, 0.25) is 0 Å². The molecule has 17 nitrogen and oxygen atoms in total. The number of rotatable bonds is 17. The van der Waals surface area contributed by atoms with Gasteiger partial charge in [0.05, 0.1) is 71.3 Å². The summed E-state index contributed by atoms with van der Waals surface area (Å²) in [6.07, 6.45) is -3.87. The van der Waals surface area contributed by atoms with E-state index in [2.05, 4.69) is 6.07 Å². The van der Waals surface area contributed by atoms with Crippen LogP contribution in [-0.4, -0.2) is 156 Å². The Morgan fingerprint density at radius 3 is 2.03 bits per heavy atom. The van der Waals surface area contributed by atoms with Crippen molar-refractivity contribution in [3.63, 3.8) is 0 Å². The van der Waals surface area contributed by atoms with E-state index in [9.17, 15) is 19.8 Å². The second-order valence-corrected chi connectivity index (χ2v) is 25.4. The lowest BCUT2D eigenvalue weighted by molar-refractivity contribution is -0.319. The highest BCUT2D eigenvalue weighted by atomic mass is 32.2. The number of cyclic esters (lactones) is 1. The summed E-state index contributed by atoms with van der Waals surface area (Å²) < 4.78 is 66.4. The monoisotopic (exact) mass is 1220 g/mol. The predicted molar refractivity (Wildman–Crippen MR) is 335 cm³/mol. The molecule has 2 N–H and O–H groups in total. The third-order valence-electron chi connectivity index (χ3n) is 17.7.